The summed E-state index contributed by atoms with van der Waals surface area (Å²) in [6.07, 6.45) is 1.65. The van der Waals surface area contributed by atoms with E-state index in [0.29, 0.717) is 11.3 Å². The van der Waals surface area contributed by atoms with Crippen molar-refractivity contribution >= 4 is 21.9 Å². The van der Waals surface area contributed by atoms with E-state index in [1.54, 1.807) is 31.3 Å². The number of ether oxygens (including phenoxy) is 1. The molecule has 0 saturated heterocycles. The molecule has 0 unspecified atom stereocenters. The predicted molar refractivity (Wildman–Crippen MR) is 102 cm³/mol. The number of aromatic nitrogens is 1. The fourth-order valence-corrected chi connectivity index (χ4v) is 2.04. The second-order valence-electron chi connectivity index (χ2n) is 6.80. The van der Waals surface area contributed by atoms with Gasteiger partial charge in [0.25, 0.3) is 0 Å². The zero-order chi connectivity index (χ0) is 19.1. The molecule has 3 N–H and O–H groups in total. The molecule has 25 heavy (non-hydrogen) atoms. The highest BCUT2D eigenvalue weighted by atomic mass is 79.9. The van der Waals surface area contributed by atoms with Crippen LogP contribution >= 0.6 is 15.9 Å². The van der Waals surface area contributed by atoms with Gasteiger partial charge in [-0.05, 0) is 52.0 Å². The zero-order valence-electron chi connectivity index (χ0n) is 15.0. The Balaban J connectivity index is 0.000000251. The number of esters is 1. The SMILES string of the molecule is CC(C)(C)OC(=O)c1ccccc1.C[C@](N)(CO)c1cc(Br)ccn1. The Morgan fingerprint density at radius 1 is 1.20 bits per heavy atom. The Morgan fingerprint density at radius 2 is 1.80 bits per heavy atom. The van der Waals surface area contributed by atoms with Crippen LogP contribution in [0.2, 0.25) is 0 Å². The fourth-order valence-electron chi connectivity index (χ4n) is 1.71. The highest BCUT2D eigenvalue weighted by molar-refractivity contribution is 9.10. The summed E-state index contributed by atoms with van der Waals surface area (Å²) in [5.41, 5.74) is 5.86. The normalized spacial score (nSPS) is 13.2. The lowest BCUT2D eigenvalue weighted by Crippen LogP contribution is -2.37. The van der Waals surface area contributed by atoms with E-state index in [2.05, 4.69) is 20.9 Å². The third-order valence-electron chi connectivity index (χ3n) is 3.04. The summed E-state index contributed by atoms with van der Waals surface area (Å²) < 4.78 is 6.10. The molecule has 0 spiro atoms. The van der Waals surface area contributed by atoms with Crippen LogP contribution in [0.1, 0.15) is 43.7 Å². The van der Waals surface area contributed by atoms with Gasteiger partial charge in [-0.1, -0.05) is 34.1 Å². The molecule has 0 aliphatic rings. The van der Waals surface area contributed by atoms with Gasteiger partial charge >= 0.3 is 5.97 Å². The minimum Gasteiger partial charge on any atom is -0.456 e. The predicted octanol–water partition coefficient (Wildman–Crippen LogP) is 3.65. The van der Waals surface area contributed by atoms with Gasteiger partial charge in [0.1, 0.15) is 5.60 Å². The van der Waals surface area contributed by atoms with E-state index in [9.17, 15) is 4.79 Å². The molecular weight excluding hydrogens is 384 g/mol. The Labute approximate surface area is 157 Å². The molecule has 1 aromatic heterocycles. The first-order valence-corrected chi connectivity index (χ1v) is 8.64. The Bertz CT molecular complexity index is 683. The van der Waals surface area contributed by atoms with Crippen molar-refractivity contribution in [3.63, 3.8) is 0 Å². The van der Waals surface area contributed by atoms with E-state index >= 15 is 0 Å². The zero-order valence-corrected chi connectivity index (χ0v) is 16.6. The maximum atomic E-state index is 11.4. The van der Waals surface area contributed by atoms with E-state index in [1.165, 1.54) is 0 Å². The van der Waals surface area contributed by atoms with Crippen LogP contribution < -0.4 is 5.73 Å². The molecule has 0 amide bonds. The standard InChI is InChI=1S/C11H14O2.C8H11BrN2O/c1-11(2,3)13-10(12)9-7-5-4-6-8-9;1-8(10,5-12)7-4-6(9)2-3-11-7/h4-8H,1-3H3;2-4,12H,5,10H2,1H3/t;8-/m.0/s1. The van der Waals surface area contributed by atoms with Crippen LogP contribution in [0.15, 0.2) is 53.1 Å². The summed E-state index contributed by atoms with van der Waals surface area (Å²) in [6, 6.07) is 12.6. The molecule has 0 aliphatic carbocycles. The summed E-state index contributed by atoms with van der Waals surface area (Å²) in [5, 5.41) is 8.96. The van der Waals surface area contributed by atoms with Crippen LogP contribution in [-0.4, -0.2) is 28.3 Å². The largest absolute Gasteiger partial charge is 0.456 e. The van der Waals surface area contributed by atoms with E-state index in [-0.39, 0.29) is 12.6 Å². The number of carbonyl (C=O) groups excluding carboxylic acids is 1. The second kappa shape index (κ2) is 9.08. The third kappa shape index (κ3) is 7.77. The minimum absolute atomic E-state index is 0.115. The van der Waals surface area contributed by atoms with Gasteiger partial charge in [0.05, 0.1) is 23.4 Å². The first-order valence-electron chi connectivity index (χ1n) is 7.85. The van der Waals surface area contributed by atoms with E-state index in [0.717, 1.165) is 4.47 Å². The van der Waals surface area contributed by atoms with Gasteiger partial charge in [-0.2, -0.15) is 0 Å². The molecule has 0 fully saturated rings. The summed E-state index contributed by atoms with van der Waals surface area (Å²) in [7, 11) is 0. The van der Waals surface area contributed by atoms with Crippen molar-refractivity contribution < 1.29 is 14.6 Å². The van der Waals surface area contributed by atoms with Crippen molar-refractivity contribution in [2.75, 3.05) is 6.61 Å². The molecule has 0 radical (unpaired) electrons. The molecule has 2 rings (SSSR count). The average Bonchev–Trinajstić information content (AvgIpc) is 2.55. The quantitative estimate of drug-likeness (QED) is 0.756. The third-order valence-corrected chi connectivity index (χ3v) is 3.54. The van der Waals surface area contributed by atoms with Crippen LogP contribution in [-0.2, 0) is 10.3 Å². The summed E-state index contributed by atoms with van der Waals surface area (Å²) in [5.74, 6) is -0.270. The van der Waals surface area contributed by atoms with Crippen LogP contribution in [0.5, 0.6) is 0 Å². The minimum atomic E-state index is -0.760. The van der Waals surface area contributed by atoms with Crippen LogP contribution in [0, 0.1) is 0 Å². The molecule has 2 aromatic rings. The number of hydrogen-bond acceptors (Lipinski definition) is 5. The summed E-state index contributed by atoms with van der Waals surface area (Å²) in [6.45, 7) is 7.19. The second-order valence-corrected chi connectivity index (χ2v) is 7.72. The molecule has 6 heteroatoms. The number of rotatable bonds is 3. The Hall–Kier alpha value is -1.76. The van der Waals surface area contributed by atoms with Gasteiger partial charge in [-0.3, -0.25) is 4.98 Å². The van der Waals surface area contributed by atoms with E-state index in [1.807, 2.05) is 45.0 Å². The average molecular weight is 409 g/mol. The topological polar surface area (TPSA) is 85.4 Å². The van der Waals surface area contributed by atoms with Gasteiger partial charge < -0.3 is 15.6 Å². The molecule has 0 saturated carbocycles. The molecule has 0 bridgehead atoms. The van der Waals surface area contributed by atoms with Crippen molar-refractivity contribution in [1.29, 1.82) is 0 Å². The number of aliphatic hydroxyl groups is 1. The lowest BCUT2D eigenvalue weighted by atomic mass is 10.0. The highest BCUT2D eigenvalue weighted by Gasteiger charge is 2.21. The number of halogens is 1. The van der Waals surface area contributed by atoms with Gasteiger partial charge in [-0.25, -0.2) is 4.79 Å². The van der Waals surface area contributed by atoms with Crippen molar-refractivity contribution in [1.82, 2.24) is 4.98 Å². The first kappa shape index (κ1) is 21.3. The molecule has 1 atom stereocenters. The first-order chi connectivity index (χ1) is 11.5. The summed E-state index contributed by atoms with van der Waals surface area (Å²) >= 11 is 3.31. The number of hydrogen-bond donors (Lipinski definition) is 2. The maximum Gasteiger partial charge on any atom is 0.338 e. The van der Waals surface area contributed by atoms with Gasteiger partial charge in [0.15, 0.2) is 0 Å². The summed E-state index contributed by atoms with van der Waals surface area (Å²) in [4.78, 5) is 15.5. The Morgan fingerprint density at radius 3 is 2.28 bits per heavy atom. The molecule has 1 heterocycles. The molecule has 136 valence electrons. The van der Waals surface area contributed by atoms with Crippen LogP contribution in [0.25, 0.3) is 0 Å². The highest BCUT2D eigenvalue weighted by Crippen LogP contribution is 2.18. The fraction of sp³-hybridized carbons (Fsp3) is 0.368. The lowest BCUT2D eigenvalue weighted by molar-refractivity contribution is 0.00695. The maximum absolute atomic E-state index is 11.4. The number of benzene rings is 1. The van der Waals surface area contributed by atoms with Crippen LogP contribution in [0.3, 0.4) is 0 Å². The van der Waals surface area contributed by atoms with Crippen molar-refractivity contribution in [2.45, 2.75) is 38.8 Å². The Kier molecular flexibility index (Phi) is 7.73. The number of carbonyl (C=O) groups is 1. The van der Waals surface area contributed by atoms with Gasteiger partial charge in [-0.15, -0.1) is 0 Å². The van der Waals surface area contributed by atoms with Gasteiger partial charge in [0.2, 0.25) is 0 Å². The lowest BCUT2D eigenvalue weighted by Gasteiger charge is -2.20. The van der Waals surface area contributed by atoms with Crippen molar-refractivity contribution in [3.8, 4) is 0 Å². The van der Waals surface area contributed by atoms with Crippen molar-refractivity contribution in [3.05, 3.63) is 64.4 Å². The molecule has 5 nitrogen and oxygen atoms in total. The number of nitrogens with zero attached hydrogens (tertiary/aromatic N) is 1. The van der Waals surface area contributed by atoms with Crippen LogP contribution in [0.4, 0.5) is 0 Å². The smallest absolute Gasteiger partial charge is 0.338 e. The number of nitrogens with two attached hydrogens (primary N) is 1. The molecule has 1 aromatic carbocycles. The van der Waals surface area contributed by atoms with E-state index < -0.39 is 11.1 Å². The van der Waals surface area contributed by atoms with Crippen molar-refractivity contribution in [2.24, 2.45) is 5.73 Å². The molecular formula is C19H25BrN2O3. The monoisotopic (exact) mass is 408 g/mol. The number of pyridine rings is 1. The molecule has 0 aliphatic heterocycles. The van der Waals surface area contributed by atoms with Gasteiger partial charge in [0, 0.05) is 10.7 Å². The number of aliphatic hydroxyl groups excluding tert-OH is 1. The van der Waals surface area contributed by atoms with E-state index in [4.69, 9.17) is 15.6 Å².